The molecule has 2 aliphatic heterocycles. The van der Waals surface area contributed by atoms with Gasteiger partial charge in [0, 0.05) is 13.1 Å². The third-order valence-corrected chi connectivity index (χ3v) is 4.72. The Morgan fingerprint density at radius 2 is 2.00 bits per heavy atom. The second-order valence-electron chi connectivity index (χ2n) is 5.99. The van der Waals surface area contributed by atoms with Crippen LogP contribution in [0.25, 0.3) is 0 Å². The van der Waals surface area contributed by atoms with Crippen LogP contribution in [0.5, 0.6) is 0 Å². The summed E-state index contributed by atoms with van der Waals surface area (Å²) in [6.07, 6.45) is 4.44. The summed E-state index contributed by atoms with van der Waals surface area (Å²) in [5, 5.41) is 6.21. The van der Waals surface area contributed by atoms with E-state index in [1.54, 1.807) is 0 Å². The largest absolute Gasteiger partial charge is 0.353 e. The van der Waals surface area contributed by atoms with E-state index in [-0.39, 0.29) is 23.3 Å². The van der Waals surface area contributed by atoms with Gasteiger partial charge in [0.1, 0.15) is 6.04 Å². The summed E-state index contributed by atoms with van der Waals surface area (Å²) in [5.74, 6) is 0.218. The summed E-state index contributed by atoms with van der Waals surface area (Å²) < 4.78 is 0. The highest BCUT2D eigenvalue weighted by molar-refractivity contribution is 5.91. The van der Waals surface area contributed by atoms with E-state index in [0.29, 0.717) is 19.5 Å². The number of piperidine rings is 1. The monoisotopic (exact) mass is 281 g/mol. The number of piperazine rings is 1. The minimum atomic E-state index is -0.278. The maximum atomic E-state index is 13.1. The molecule has 20 heavy (non-hydrogen) atoms. The Labute approximate surface area is 121 Å². The van der Waals surface area contributed by atoms with Crippen molar-refractivity contribution in [2.75, 3.05) is 26.2 Å². The van der Waals surface area contributed by atoms with Gasteiger partial charge in [-0.05, 0) is 38.8 Å². The lowest BCUT2D eigenvalue weighted by Gasteiger charge is -2.44. The number of hydrogen-bond donors (Lipinski definition) is 2. The number of nitrogens with one attached hydrogen (secondary N) is 2. The van der Waals surface area contributed by atoms with Crippen molar-refractivity contribution in [3.05, 3.63) is 0 Å². The molecule has 1 atom stereocenters. The SMILES string of the molecule is CCCC1(C(=O)N2CCNC(=O)C2CC)CCNCC1. The van der Waals surface area contributed by atoms with Gasteiger partial charge in [-0.1, -0.05) is 20.3 Å². The molecule has 114 valence electrons. The van der Waals surface area contributed by atoms with Crippen LogP contribution in [-0.2, 0) is 9.59 Å². The van der Waals surface area contributed by atoms with Crippen LogP contribution in [-0.4, -0.2) is 48.9 Å². The molecular formula is C15H27N3O2. The second kappa shape index (κ2) is 6.57. The third-order valence-electron chi connectivity index (χ3n) is 4.72. The van der Waals surface area contributed by atoms with E-state index in [1.807, 2.05) is 11.8 Å². The van der Waals surface area contributed by atoms with Gasteiger partial charge in [0.05, 0.1) is 5.41 Å². The lowest BCUT2D eigenvalue weighted by molar-refractivity contribution is -0.153. The Morgan fingerprint density at radius 3 is 2.60 bits per heavy atom. The van der Waals surface area contributed by atoms with Crippen molar-refractivity contribution in [3.8, 4) is 0 Å². The van der Waals surface area contributed by atoms with Gasteiger partial charge in [-0.25, -0.2) is 0 Å². The van der Waals surface area contributed by atoms with Crippen LogP contribution in [0.15, 0.2) is 0 Å². The first-order chi connectivity index (χ1) is 9.64. The Balaban J connectivity index is 2.19. The van der Waals surface area contributed by atoms with Gasteiger partial charge in [-0.3, -0.25) is 9.59 Å². The maximum absolute atomic E-state index is 13.1. The predicted molar refractivity (Wildman–Crippen MR) is 78.2 cm³/mol. The summed E-state index contributed by atoms with van der Waals surface area (Å²) in [6, 6.07) is -0.278. The molecule has 0 aliphatic carbocycles. The van der Waals surface area contributed by atoms with Crippen molar-refractivity contribution in [1.29, 1.82) is 0 Å². The predicted octanol–water partition coefficient (Wildman–Crippen LogP) is 0.893. The molecule has 2 heterocycles. The summed E-state index contributed by atoms with van der Waals surface area (Å²) in [4.78, 5) is 26.9. The van der Waals surface area contributed by atoms with Gasteiger partial charge in [0.25, 0.3) is 0 Å². The number of amides is 2. The van der Waals surface area contributed by atoms with Gasteiger partial charge in [-0.2, -0.15) is 0 Å². The molecule has 5 heteroatoms. The van der Waals surface area contributed by atoms with Gasteiger partial charge >= 0.3 is 0 Å². The summed E-state index contributed by atoms with van der Waals surface area (Å²) >= 11 is 0. The zero-order valence-electron chi connectivity index (χ0n) is 12.7. The summed E-state index contributed by atoms with van der Waals surface area (Å²) in [7, 11) is 0. The molecule has 2 fully saturated rings. The number of hydrogen-bond acceptors (Lipinski definition) is 3. The van der Waals surface area contributed by atoms with Crippen LogP contribution in [0.3, 0.4) is 0 Å². The Hall–Kier alpha value is -1.10. The van der Waals surface area contributed by atoms with Crippen LogP contribution in [0, 0.1) is 5.41 Å². The second-order valence-corrected chi connectivity index (χ2v) is 5.99. The van der Waals surface area contributed by atoms with Gasteiger partial charge in [0.2, 0.25) is 11.8 Å². The van der Waals surface area contributed by atoms with Crippen molar-refractivity contribution in [1.82, 2.24) is 15.5 Å². The fraction of sp³-hybridized carbons (Fsp3) is 0.867. The number of carbonyl (C=O) groups excluding carboxylic acids is 2. The van der Waals surface area contributed by atoms with Crippen molar-refractivity contribution in [3.63, 3.8) is 0 Å². The number of carbonyl (C=O) groups is 2. The Morgan fingerprint density at radius 1 is 1.30 bits per heavy atom. The topological polar surface area (TPSA) is 61.4 Å². The molecule has 0 saturated carbocycles. The zero-order chi connectivity index (χ0) is 14.6. The zero-order valence-corrected chi connectivity index (χ0v) is 12.7. The summed E-state index contributed by atoms with van der Waals surface area (Å²) in [5.41, 5.74) is -0.245. The minimum absolute atomic E-state index is 0.00711. The Bertz CT molecular complexity index is 359. The highest BCUT2D eigenvalue weighted by atomic mass is 16.2. The van der Waals surface area contributed by atoms with Gasteiger partial charge in [0.15, 0.2) is 0 Å². The van der Waals surface area contributed by atoms with E-state index in [1.165, 1.54) is 0 Å². The molecule has 0 aromatic carbocycles. The molecule has 0 aromatic rings. The summed E-state index contributed by atoms with van der Waals surface area (Å²) in [6.45, 7) is 7.16. The standard InChI is InChI=1S/C15H27N3O2/c1-3-5-15(6-8-16-9-7-15)14(20)18-11-10-17-13(19)12(18)4-2/h12,16H,3-11H2,1-2H3,(H,17,19). The molecular weight excluding hydrogens is 254 g/mol. The molecule has 2 N–H and O–H groups in total. The molecule has 0 radical (unpaired) electrons. The Kier molecular flexibility index (Phi) is 5.02. The number of nitrogens with zero attached hydrogens (tertiary/aromatic N) is 1. The van der Waals surface area contributed by atoms with E-state index in [0.717, 1.165) is 38.8 Å². The molecule has 2 aliphatic rings. The van der Waals surface area contributed by atoms with E-state index in [9.17, 15) is 9.59 Å². The third kappa shape index (κ3) is 2.82. The molecule has 0 spiro atoms. The lowest BCUT2D eigenvalue weighted by atomic mass is 9.73. The first-order valence-corrected chi connectivity index (χ1v) is 7.94. The van der Waals surface area contributed by atoms with Crippen molar-refractivity contribution < 1.29 is 9.59 Å². The normalized spacial score (nSPS) is 26.2. The average Bonchev–Trinajstić information content (AvgIpc) is 2.47. The molecule has 2 saturated heterocycles. The van der Waals surface area contributed by atoms with Gasteiger partial charge in [-0.15, -0.1) is 0 Å². The fourth-order valence-electron chi connectivity index (χ4n) is 3.62. The average molecular weight is 281 g/mol. The number of rotatable bonds is 4. The quantitative estimate of drug-likeness (QED) is 0.804. The first-order valence-electron chi connectivity index (χ1n) is 7.94. The van der Waals surface area contributed by atoms with Crippen LogP contribution in [0.2, 0.25) is 0 Å². The first kappa shape index (κ1) is 15.3. The molecule has 0 aromatic heterocycles. The van der Waals surface area contributed by atoms with Crippen molar-refractivity contribution in [2.24, 2.45) is 5.41 Å². The molecule has 5 nitrogen and oxygen atoms in total. The molecule has 0 bridgehead atoms. The maximum Gasteiger partial charge on any atom is 0.242 e. The lowest BCUT2D eigenvalue weighted by Crippen LogP contribution is -2.61. The highest BCUT2D eigenvalue weighted by Gasteiger charge is 2.44. The van der Waals surface area contributed by atoms with Crippen LogP contribution in [0.1, 0.15) is 46.0 Å². The van der Waals surface area contributed by atoms with Crippen molar-refractivity contribution in [2.45, 2.75) is 52.0 Å². The smallest absolute Gasteiger partial charge is 0.242 e. The van der Waals surface area contributed by atoms with E-state index in [4.69, 9.17) is 0 Å². The molecule has 1 unspecified atom stereocenters. The van der Waals surface area contributed by atoms with Crippen LogP contribution >= 0.6 is 0 Å². The van der Waals surface area contributed by atoms with Crippen LogP contribution in [0.4, 0.5) is 0 Å². The minimum Gasteiger partial charge on any atom is -0.353 e. The highest BCUT2D eigenvalue weighted by Crippen LogP contribution is 2.37. The fourth-order valence-corrected chi connectivity index (χ4v) is 3.62. The molecule has 2 rings (SSSR count). The van der Waals surface area contributed by atoms with E-state index in [2.05, 4.69) is 17.6 Å². The van der Waals surface area contributed by atoms with Crippen LogP contribution < -0.4 is 10.6 Å². The van der Waals surface area contributed by atoms with Gasteiger partial charge < -0.3 is 15.5 Å². The van der Waals surface area contributed by atoms with E-state index < -0.39 is 0 Å². The van der Waals surface area contributed by atoms with E-state index >= 15 is 0 Å². The van der Waals surface area contributed by atoms with Crippen molar-refractivity contribution >= 4 is 11.8 Å². The molecule has 2 amide bonds.